The summed E-state index contributed by atoms with van der Waals surface area (Å²) in [5, 5.41) is 0. The zero-order valence-electron chi connectivity index (χ0n) is 4.57. The second kappa shape index (κ2) is 2.58. The molecular formula is C6H5F3. The highest BCUT2D eigenvalue weighted by Crippen LogP contribution is 2.25. The van der Waals surface area contributed by atoms with Crippen molar-refractivity contribution in [3.63, 3.8) is 0 Å². The van der Waals surface area contributed by atoms with Crippen molar-refractivity contribution in [3.05, 3.63) is 12.7 Å². The van der Waals surface area contributed by atoms with E-state index in [9.17, 15) is 13.2 Å². The van der Waals surface area contributed by atoms with Crippen molar-refractivity contribution < 1.29 is 13.2 Å². The van der Waals surface area contributed by atoms with Gasteiger partial charge in [-0.05, 0) is 0 Å². The Bertz CT molecular complexity index is 137. The predicted octanol–water partition coefficient (Wildman–Crippen LogP) is 1.98. The van der Waals surface area contributed by atoms with Crippen LogP contribution in [0.4, 0.5) is 13.2 Å². The number of allylic oxidation sites excluding steroid dienone is 1. The highest BCUT2D eigenvalue weighted by Gasteiger charge is 2.35. The molecule has 0 amide bonds. The first-order chi connectivity index (χ1) is 4.02. The lowest BCUT2D eigenvalue weighted by atomic mass is 10.1. The molecule has 1 atom stereocenters. The molecule has 0 bridgehead atoms. The van der Waals surface area contributed by atoms with Crippen molar-refractivity contribution >= 4 is 0 Å². The van der Waals surface area contributed by atoms with Crippen LogP contribution in [0.3, 0.4) is 0 Å². The normalized spacial score (nSPS) is 14.0. The third-order valence-electron chi connectivity index (χ3n) is 0.768. The summed E-state index contributed by atoms with van der Waals surface area (Å²) < 4.78 is 34.5. The van der Waals surface area contributed by atoms with Gasteiger partial charge in [0.15, 0.2) is 0 Å². The summed E-state index contributed by atoms with van der Waals surface area (Å²) in [5.74, 6) is -0.259. The van der Waals surface area contributed by atoms with Gasteiger partial charge in [0.2, 0.25) is 0 Å². The average molecular weight is 134 g/mol. The van der Waals surface area contributed by atoms with Crippen LogP contribution in [-0.4, -0.2) is 6.18 Å². The largest absolute Gasteiger partial charge is 0.405 e. The van der Waals surface area contributed by atoms with E-state index in [1.54, 1.807) is 5.92 Å². The Labute approximate surface area is 51.4 Å². The van der Waals surface area contributed by atoms with E-state index in [1.807, 2.05) is 0 Å². The van der Waals surface area contributed by atoms with Gasteiger partial charge in [-0.25, -0.2) is 0 Å². The lowest BCUT2D eigenvalue weighted by Crippen LogP contribution is -2.18. The van der Waals surface area contributed by atoms with Crippen molar-refractivity contribution in [2.75, 3.05) is 0 Å². The van der Waals surface area contributed by atoms with Gasteiger partial charge in [-0.3, -0.25) is 0 Å². The SMILES string of the molecule is C#CC(C=C)C(F)(F)F. The maximum Gasteiger partial charge on any atom is 0.405 e. The molecule has 0 aliphatic heterocycles. The van der Waals surface area contributed by atoms with Crippen molar-refractivity contribution in [2.45, 2.75) is 6.18 Å². The minimum atomic E-state index is -4.34. The standard InChI is InChI=1S/C6H5F3/c1-3-5(4-2)6(7,8)9/h1,4-5H,2H2. The summed E-state index contributed by atoms with van der Waals surface area (Å²) in [6.07, 6.45) is 0.886. The molecule has 0 nitrogen and oxygen atoms in total. The van der Waals surface area contributed by atoms with Gasteiger partial charge in [-0.15, -0.1) is 13.0 Å². The molecule has 0 saturated heterocycles. The fourth-order valence-corrected chi connectivity index (χ4v) is 0.296. The van der Waals surface area contributed by atoms with E-state index in [2.05, 4.69) is 13.0 Å². The van der Waals surface area contributed by atoms with Gasteiger partial charge in [0.1, 0.15) is 5.92 Å². The van der Waals surface area contributed by atoms with E-state index in [1.165, 1.54) is 0 Å². The monoisotopic (exact) mass is 134 g/mol. The zero-order valence-corrected chi connectivity index (χ0v) is 4.57. The molecule has 0 rings (SSSR count). The van der Waals surface area contributed by atoms with E-state index in [4.69, 9.17) is 0 Å². The van der Waals surface area contributed by atoms with Gasteiger partial charge < -0.3 is 0 Å². The van der Waals surface area contributed by atoms with Gasteiger partial charge in [0.05, 0.1) is 0 Å². The molecule has 0 aromatic carbocycles. The number of halogens is 3. The van der Waals surface area contributed by atoms with E-state index >= 15 is 0 Å². The molecule has 1 unspecified atom stereocenters. The van der Waals surface area contributed by atoms with E-state index in [-0.39, 0.29) is 0 Å². The molecule has 0 aromatic heterocycles. The maximum absolute atomic E-state index is 11.5. The van der Waals surface area contributed by atoms with Gasteiger partial charge in [-0.1, -0.05) is 12.0 Å². The smallest absolute Gasteiger partial charge is 0.169 e. The second-order valence-electron chi connectivity index (χ2n) is 1.42. The Morgan fingerprint density at radius 2 is 2.00 bits per heavy atom. The Morgan fingerprint density at radius 3 is 2.00 bits per heavy atom. The zero-order chi connectivity index (χ0) is 7.49. The molecule has 0 radical (unpaired) electrons. The number of hydrogen-bond acceptors (Lipinski definition) is 0. The summed E-state index contributed by atoms with van der Waals surface area (Å²) in [7, 11) is 0. The lowest BCUT2D eigenvalue weighted by Gasteiger charge is -2.08. The van der Waals surface area contributed by atoms with Crippen LogP contribution in [0.15, 0.2) is 12.7 Å². The Kier molecular flexibility index (Phi) is 2.32. The first-order valence-corrected chi connectivity index (χ1v) is 2.17. The number of rotatable bonds is 1. The summed E-state index contributed by atoms with van der Waals surface area (Å²) in [5.41, 5.74) is 0. The molecule has 0 N–H and O–H groups in total. The fourth-order valence-electron chi connectivity index (χ4n) is 0.296. The van der Waals surface area contributed by atoms with Crippen LogP contribution in [0.25, 0.3) is 0 Å². The average Bonchev–Trinajstić information content (AvgIpc) is 1.65. The third kappa shape index (κ3) is 2.22. The van der Waals surface area contributed by atoms with E-state index in [0.717, 1.165) is 0 Å². The van der Waals surface area contributed by atoms with Crippen LogP contribution < -0.4 is 0 Å². The minimum absolute atomic E-state index is 0.694. The van der Waals surface area contributed by atoms with Crippen LogP contribution >= 0.6 is 0 Å². The third-order valence-corrected chi connectivity index (χ3v) is 0.768. The summed E-state index contributed by atoms with van der Waals surface area (Å²) >= 11 is 0. The van der Waals surface area contributed by atoms with Crippen molar-refractivity contribution in [3.8, 4) is 12.3 Å². The molecule has 0 spiro atoms. The first kappa shape index (κ1) is 8.09. The maximum atomic E-state index is 11.5. The second-order valence-corrected chi connectivity index (χ2v) is 1.42. The van der Waals surface area contributed by atoms with Crippen LogP contribution in [0.5, 0.6) is 0 Å². The molecular weight excluding hydrogens is 129 g/mol. The predicted molar refractivity (Wildman–Crippen MR) is 28.6 cm³/mol. The summed E-state index contributed by atoms with van der Waals surface area (Å²) in [6, 6.07) is 0. The van der Waals surface area contributed by atoms with E-state index < -0.39 is 12.1 Å². The quantitative estimate of drug-likeness (QED) is 0.380. The van der Waals surface area contributed by atoms with Crippen LogP contribution in [0.1, 0.15) is 0 Å². The van der Waals surface area contributed by atoms with Gasteiger partial charge >= 0.3 is 6.18 Å². The number of hydrogen-bond donors (Lipinski definition) is 0. The molecule has 0 heterocycles. The topological polar surface area (TPSA) is 0 Å². The number of alkyl halides is 3. The van der Waals surface area contributed by atoms with Crippen molar-refractivity contribution in [1.29, 1.82) is 0 Å². The lowest BCUT2D eigenvalue weighted by molar-refractivity contribution is -0.146. The fraction of sp³-hybridized carbons (Fsp3) is 0.333. The first-order valence-electron chi connectivity index (χ1n) is 2.17. The van der Waals surface area contributed by atoms with Gasteiger partial charge in [0, 0.05) is 0 Å². The van der Waals surface area contributed by atoms with Gasteiger partial charge in [-0.2, -0.15) is 13.2 Å². The molecule has 0 aromatic rings. The van der Waals surface area contributed by atoms with Crippen molar-refractivity contribution in [2.24, 2.45) is 5.92 Å². The van der Waals surface area contributed by atoms with Gasteiger partial charge in [0.25, 0.3) is 0 Å². The Hall–Kier alpha value is -0.910. The molecule has 0 fully saturated rings. The Morgan fingerprint density at radius 1 is 1.56 bits per heavy atom. The number of terminal acetylenes is 1. The van der Waals surface area contributed by atoms with Crippen LogP contribution in [0.2, 0.25) is 0 Å². The van der Waals surface area contributed by atoms with Crippen LogP contribution in [0, 0.1) is 18.3 Å². The van der Waals surface area contributed by atoms with Crippen LogP contribution in [-0.2, 0) is 0 Å². The molecule has 3 heteroatoms. The summed E-state index contributed by atoms with van der Waals surface area (Å²) in [4.78, 5) is 0. The molecule has 9 heavy (non-hydrogen) atoms. The molecule has 0 aliphatic carbocycles. The molecule has 0 aliphatic rings. The highest BCUT2D eigenvalue weighted by molar-refractivity contribution is 5.05. The Balaban J connectivity index is 4.16. The summed E-state index contributed by atoms with van der Waals surface area (Å²) in [6.45, 7) is 2.94. The molecule has 50 valence electrons. The van der Waals surface area contributed by atoms with Crippen molar-refractivity contribution in [1.82, 2.24) is 0 Å². The van der Waals surface area contributed by atoms with E-state index in [0.29, 0.717) is 6.08 Å². The molecule has 0 saturated carbocycles. The highest BCUT2D eigenvalue weighted by atomic mass is 19.4. The minimum Gasteiger partial charge on any atom is -0.169 e.